The normalized spacial score (nSPS) is 14.9. The van der Waals surface area contributed by atoms with Gasteiger partial charge in [0.05, 0.1) is 7.11 Å². The molecule has 29 heavy (non-hydrogen) atoms. The molecule has 0 radical (unpaired) electrons. The van der Waals surface area contributed by atoms with Gasteiger partial charge < -0.3 is 9.64 Å². The third kappa shape index (κ3) is 4.71. The van der Waals surface area contributed by atoms with Crippen LogP contribution in [0.2, 0.25) is 0 Å². The Hall–Kier alpha value is -2.58. The molecule has 8 heteroatoms. The van der Waals surface area contributed by atoms with Gasteiger partial charge in [-0.25, -0.2) is 8.78 Å². The highest BCUT2D eigenvalue weighted by atomic mass is 32.1. The highest BCUT2D eigenvalue weighted by Gasteiger charge is 2.20. The van der Waals surface area contributed by atoms with Crippen molar-refractivity contribution in [2.24, 2.45) is 0 Å². The van der Waals surface area contributed by atoms with E-state index in [1.165, 1.54) is 23.2 Å². The molecule has 1 aliphatic heterocycles. The molecular formula is C21H22F2N4OS. The highest BCUT2D eigenvalue weighted by molar-refractivity contribution is 7.09. The first kappa shape index (κ1) is 19.7. The zero-order valence-electron chi connectivity index (χ0n) is 16.1. The van der Waals surface area contributed by atoms with Crippen molar-refractivity contribution >= 4 is 16.7 Å². The smallest absolute Gasteiger partial charge is 0.205 e. The summed E-state index contributed by atoms with van der Waals surface area (Å²) in [7, 11) is 1.67. The number of piperazine rings is 1. The number of methoxy groups -OCH3 is 1. The third-order valence-corrected chi connectivity index (χ3v) is 5.89. The average molecular weight is 416 g/mol. The minimum atomic E-state index is -0.885. The van der Waals surface area contributed by atoms with E-state index in [1.54, 1.807) is 7.11 Å². The van der Waals surface area contributed by atoms with Crippen LogP contribution in [0.5, 0.6) is 5.75 Å². The van der Waals surface area contributed by atoms with Crippen LogP contribution < -0.4 is 9.64 Å². The van der Waals surface area contributed by atoms with Gasteiger partial charge in [-0.3, -0.25) is 4.90 Å². The van der Waals surface area contributed by atoms with Gasteiger partial charge in [0.25, 0.3) is 0 Å². The summed E-state index contributed by atoms with van der Waals surface area (Å²) in [5.74, 6) is -0.438. The lowest BCUT2D eigenvalue weighted by Crippen LogP contribution is -2.47. The molecular weight excluding hydrogens is 394 g/mol. The molecule has 1 fully saturated rings. The van der Waals surface area contributed by atoms with Crippen LogP contribution in [0.25, 0.3) is 11.4 Å². The van der Waals surface area contributed by atoms with Crippen molar-refractivity contribution in [3.05, 3.63) is 59.7 Å². The van der Waals surface area contributed by atoms with Gasteiger partial charge in [0.15, 0.2) is 17.5 Å². The Morgan fingerprint density at radius 1 is 1.00 bits per heavy atom. The fourth-order valence-electron chi connectivity index (χ4n) is 3.34. The zero-order chi connectivity index (χ0) is 20.2. The molecule has 3 aromatic rings. The minimum Gasteiger partial charge on any atom is -0.497 e. The van der Waals surface area contributed by atoms with Crippen molar-refractivity contribution in [3.8, 4) is 17.1 Å². The predicted octanol–water partition coefficient (Wildman–Crippen LogP) is 3.86. The molecule has 0 saturated carbocycles. The van der Waals surface area contributed by atoms with E-state index >= 15 is 0 Å². The monoisotopic (exact) mass is 416 g/mol. The molecule has 0 amide bonds. The van der Waals surface area contributed by atoms with Gasteiger partial charge >= 0.3 is 0 Å². The van der Waals surface area contributed by atoms with E-state index in [2.05, 4.69) is 31.3 Å². The van der Waals surface area contributed by atoms with E-state index in [0.717, 1.165) is 62.2 Å². The number of hydrogen-bond donors (Lipinski definition) is 0. The fraction of sp³-hybridized carbons (Fsp3) is 0.333. The van der Waals surface area contributed by atoms with Crippen LogP contribution in [0, 0.1) is 11.6 Å². The Labute approximate surface area is 172 Å². The van der Waals surface area contributed by atoms with E-state index in [0.29, 0.717) is 11.4 Å². The van der Waals surface area contributed by atoms with Gasteiger partial charge in [0.2, 0.25) is 5.13 Å². The van der Waals surface area contributed by atoms with Gasteiger partial charge in [-0.05, 0) is 42.3 Å². The lowest BCUT2D eigenvalue weighted by atomic mass is 10.1. The summed E-state index contributed by atoms with van der Waals surface area (Å²) < 4.78 is 36.1. The van der Waals surface area contributed by atoms with Crippen LogP contribution in [0.1, 0.15) is 5.56 Å². The number of aromatic nitrogens is 2. The summed E-state index contributed by atoms with van der Waals surface area (Å²) in [5.41, 5.74) is 1.79. The van der Waals surface area contributed by atoms with Crippen LogP contribution in [-0.2, 0) is 6.42 Å². The summed E-state index contributed by atoms with van der Waals surface area (Å²) in [4.78, 5) is 9.17. The lowest BCUT2D eigenvalue weighted by molar-refractivity contribution is 0.261. The van der Waals surface area contributed by atoms with E-state index in [4.69, 9.17) is 4.74 Å². The van der Waals surface area contributed by atoms with E-state index in [1.807, 2.05) is 12.1 Å². The SMILES string of the molecule is COc1ccc(CCN2CCN(c3nc(-c4ccc(F)c(F)c4)ns3)CC2)cc1. The first-order chi connectivity index (χ1) is 14.1. The molecule has 0 unspecified atom stereocenters. The van der Waals surface area contributed by atoms with Crippen LogP contribution in [0.4, 0.5) is 13.9 Å². The summed E-state index contributed by atoms with van der Waals surface area (Å²) in [5, 5.41) is 0.819. The molecule has 1 aliphatic rings. The van der Waals surface area contributed by atoms with Gasteiger partial charge in [-0.15, -0.1) is 0 Å². The standard InChI is InChI=1S/C21H22F2N4OS/c1-28-17-5-2-15(3-6-17)8-9-26-10-12-27(13-11-26)21-24-20(25-29-21)16-4-7-18(22)19(23)14-16/h2-7,14H,8-13H2,1H3. The fourth-order valence-corrected chi connectivity index (χ4v) is 4.08. The lowest BCUT2D eigenvalue weighted by Gasteiger charge is -2.34. The molecule has 0 spiro atoms. The second-order valence-electron chi connectivity index (χ2n) is 6.96. The summed E-state index contributed by atoms with van der Waals surface area (Å²) in [6.07, 6.45) is 1.00. The molecule has 1 aromatic heterocycles. The topological polar surface area (TPSA) is 41.5 Å². The first-order valence-corrected chi connectivity index (χ1v) is 10.3. The van der Waals surface area contributed by atoms with Gasteiger partial charge in [-0.1, -0.05) is 12.1 Å². The molecule has 2 aromatic carbocycles. The molecule has 0 aliphatic carbocycles. The summed E-state index contributed by atoms with van der Waals surface area (Å²) >= 11 is 1.29. The van der Waals surface area contributed by atoms with Crippen molar-refractivity contribution in [1.82, 2.24) is 14.3 Å². The van der Waals surface area contributed by atoms with Gasteiger partial charge in [0, 0.05) is 49.8 Å². The molecule has 0 bridgehead atoms. The number of rotatable bonds is 6. The maximum absolute atomic E-state index is 13.5. The molecule has 152 valence electrons. The Morgan fingerprint density at radius 2 is 1.76 bits per heavy atom. The minimum absolute atomic E-state index is 0.436. The Morgan fingerprint density at radius 3 is 2.45 bits per heavy atom. The van der Waals surface area contributed by atoms with Gasteiger partial charge in [-0.2, -0.15) is 9.36 Å². The highest BCUT2D eigenvalue weighted by Crippen LogP contribution is 2.26. The largest absolute Gasteiger partial charge is 0.497 e. The number of hydrogen-bond acceptors (Lipinski definition) is 6. The Bertz CT molecular complexity index is 956. The number of anilines is 1. The van der Waals surface area contributed by atoms with Crippen LogP contribution >= 0.6 is 11.5 Å². The molecule has 4 rings (SSSR count). The predicted molar refractivity (Wildman–Crippen MR) is 111 cm³/mol. The second kappa shape index (κ2) is 8.84. The zero-order valence-corrected chi connectivity index (χ0v) is 17.0. The maximum atomic E-state index is 13.5. The average Bonchev–Trinajstić information content (AvgIpc) is 3.25. The molecule has 0 N–H and O–H groups in total. The van der Waals surface area contributed by atoms with E-state index < -0.39 is 11.6 Å². The van der Waals surface area contributed by atoms with E-state index in [-0.39, 0.29) is 0 Å². The number of nitrogens with zero attached hydrogens (tertiary/aromatic N) is 4. The number of benzene rings is 2. The number of halogens is 2. The molecule has 5 nitrogen and oxygen atoms in total. The van der Waals surface area contributed by atoms with Crippen molar-refractivity contribution in [1.29, 1.82) is 0 Å². The van der Waals surface area contributed by atoms with Gasteiger partial charge in [0.1, 0.15) is 5.75 Å². The van der Waals surface area contributed by atoms with Crippen molar-refractivity contribution in [2.75, 3.05) is 44.7 Å². The van der Waals surface area contributed by atoms with Crippen molar-refractivity contribution in [2.45, 2.75) is 6.42 Å². The Kier molecular flexibility index (Phi) is 6.01. The first-order valence-electron chi connectivity index (χ1n) is 9.52. The second-order valence-corrected chi connectivity index (χ2v) is 7.69. The maximum Gasteiger partial charge on any atom is 0.205 e. The molecule has 0 atom stereocenters. The van der Waals surface area contributed by atoms with Crippen molar-refractivity contribution in [3.63, 3.8) is 0 Å². The van der Waals surface area contributed by atoms with Crippen LogP contribution in [0.3, 0.4) is 0 Å². The molecule has 1 saturated heterocycles. The Balaban J connectivity index is 1.30. The summed E-state index contributed by atoms with van der Waals surface area (Å²) in [6, 6.07) is 11.9. The molecule has 2 heterocycles. The third-order valence-electron chi connectivity index (χ3n) is 5.11. The van der Waals surface area contributed by atoms with E-state index in [9.17, 15) is 8.78 Å². The van der Waals surface area contributed by atoms with Crippen LogP contribution in [-0.4, -0.2) is 54.1 Å². The number of ether oxygens (including phenoxy) is 1. The van der Waals surface area contributed by atoms with Crippen molar-refractivity contribution < 1.29 is 13.5 Å². The van der Waals surface area contributed by atoms with Crippen LogP contribution in [0.15, 0.2) is 42.5 Å². The summed E-state index contributed by atoms with van der Waals surface area (Å²) in [6.45, 7) is 4.66. The quantitative estimate of drug-likeness (QED) is 0.611.